The number of aromatic nitrogens is 1. The molecule has 0 amide bonds. The van der Waals surface area contributed by atoms with Gasteiger partial charge < -0.3 is 4.98 Å². The molecule has 1 aromatic heterocycles. The molecular formula is C9H12Cl2N2O4. The molecule has 0 unspecified atom stereocenters. The maximum atomic E-state index is 8.49. The van der Waals surface area contributed by atoms with E-state index in [1.54, 1.807) is 0 Å². The van der Waals surface area contributed by atoms with E-state index in [1.807, 2.05) is 12.3 Å². The molecule has 2 rings (SSSR count). The zero-order valence-corrected chi connectivity index (χ0v) is 10.4. The molecule has 8 heteroatoms. The highest BCUT2D eigenvalue weighted by atomic mass is 35.7. The predicted octanol–water partition coefficient (Wildman–Crippen LogP) is -2.86. The first-order valence-electron chi connectivity index (χ1n) is 4.89. The standard InChI is InChI=1S/C9H11ClN2.ClHO4/c10-8-5-9(11-6-8)7-12-3-1-2-4-12;2-1(3,4)5/h5-7H,1-4H2;(H,2,3,4,5). The molecule has 0 aliphatic carbocycles. The summed E-state index contributed by atoms with van der Waals surface area (Å²) >= 11 is 5.78. The second-order valence-electron chi connectivity index (χ2n) is 3.52. The van der Waals surface area contributed by atoms with E-state index in [-0.39, 0.29) is 0 Å². The van der Waals surface area contributed by atoms with Crippen LogP contribution in [0, 0.1) is 10.2 Å². The van der Waals surface area contributed by atoms with Gasteiger partial charge in [0.1, 0.15) is 18.8 Å². The first-order valence-corrected chi connectivity index (χ1v) is 6.50. The Morgan fingerprint density at radius 1 is 1.24 bits per heavy atom. The molecular weight excluding hydrogens is 271 g/mol. The van der Waals surface area contributed by atoms with Crippen molar-refractivity contribution in [3.05, 3.63) is 23.0 Å². The van der Waals surface area contributed by atoms with Gasteiger partial charge in [-0.3, -0.25) is 0 Å². The first kappa shape index (κ1) is 14.4. The van der Waals surface area contributed by atoms with Gasteiger partial charge in [0.05, 0.1) is 5.02 Å². The predicted molar refractivity (Wildman–Crippen MR) is 50.2 cm³/mol. The van der Waals surface area contributed by atoms with Crippen molar-refractivity contribution in [2.45, 2.75) is 12.8 Å². The van der Waals surface area contributed by atoms with Crippen molar-refractivity contribution in [2.75, 3.05) is 13.1 Å². The third-order valence-electron chi connectivity index (χ3n) is 2.13. The van der Waals surface area contributed by atoms with Crippen molar-refractivity contribution >= 4 is 17.8 Å². The molecule has 1 aliphatic heterocycles. The number of rotatable bonds is 1. The molecule has 0 saturated carbocycles. The Morgan fingerprint density at radius 2 is 1.76 bits per heavy atom. The van der Waals surface area contributed by atoms with Crippen molar-refractivity contribution in [2.24, 2.45) is 0 Å². The van der Waals surface area contributed by atoms with E-state index in [2.05, 4.69) is 15.8 Å². The van der Waals surface area contributed by atoms with Gasteiger partial charge in [0.25, 0.3) is 0 Å². The van der Waals surface area contributed by atoms with E-state index < -0.39 is 10.2 Å². The van der Waals surface area contributed by atoms with Gasteiger partial charge in [0.15, 0.2) is 6.21 Å². The van der Waals surface area contributed by atoms with Gasteiger partial charge in [0, 0.05) is 19.0 Å². The van der Waals surface area contributed by atoms with Crippen LogP contribution in [-0.2, 0) is 0 Å². The van der Waals surface area contributed by atoms with Crippen LogP contribution < -0.4 is 18.6 Å². The number of hydrogen-bond acceptors (Lipinski definition) is 4. The van der Waals surface area contributed by atoms with Gasteiger partial charge in [-0.25, -0.2) is 23.2 Å². The quantitative estimate of drug-likeness (QED) is 0.559. The molecule has 1 aliphatic rings. The summed E-state index contributed by atoms with van der Waals surface area (Å²) in [7, 11) is -4.94. The number of aromatic amines is 1. The first-order chi connectivity index (χ1) is 7.84. The average molecular weight is 283 g/mol. The average Bonchev–Trinajstić information content (AvgIpc) is 2.75. The number of hydrogen-bond donors (Lipinski definition) is 1. The van der Waals surface area contributed by atoms with Crippen LogP contribution in [0.15, 0.2) is 12.3 Å². The van der Waals surface area contributed by atoms with Gasteiger partial charge in [-0.2, -0.15) is 0 Å². The second-order valence-corrected chi connectivity index (χ2v) is 4.72. The van der Waals surface area contributed by atoms with Crippen LogP contribution in [0.3, 0.4) is 0 Å². The molecule has 1 fully saturated rings. The second kappa shape index (κ2) is 6.34. The fraction of sp³-hybridized carbons (Fsp3) is 0.444. The minimum Gasteiger partial charge on any atom is -0.355 e. The molecule has 96 valence electrons. The smallest absolute Gasteiger partial charge is 0.187 e. The molecule has 6 nitrogen and oxygen atoms in total. The lowest BCUT2D eigenvalue weighted by Gasteiger charge is -2.17. The van der Waals surface area contributed by atoms with Crippen molar-refractivity contribution < 1.29 is 33.5 Å². The van der Waals surface area contributed by atoms with Crippen LogP contribution in [0.25, 0.3) is 0 Å². The van der Waals surface area contributed by atoms with Gasteiger partial charge >= 0.3 is 0 Å². The molecule has 1 N–H and O–H groups in total. The van der Waals surface area contributed by atoms with E-state index in [4.69, 9.17) is 30.2 Å². The number of H-pyrrole nitrogens is 1. The van der Waals surface area contributed by atoms with E-state index in [1.165, 1.54) is 25.9 Å². The monoisotopic (exact) mass is 282 g/mol. The normalized spacial score (nSPS) is 15.5. The molecule has 0 radical (unpaired) electrons. The molecule has 0 atom stereocenters. The highest BCUT2D eigenvalue weighted by Gasteiger charge is 2.12. The van der Waals surface area contributed by atoms with Crippen LogP contribution in [0.1, 0.15) is 18.5 Å². The highest BCUT2D eigenvalue weighted by Crippen LogP contribution is 2.08. The Kier molecular flexibility index (Phi) is 5.38. The number of halogens is 2. The Balaban J connectivity index is 0.000000249. The Labute approximate surface area is 106 Å². The lowest BCUT2D eigenvalue weighted by molar-refractivity contribution is -2.00. The van der Waals surface area contributed by atoms with Gasteiger partial charge in [-0.05, 0) is 6.07 Å². The van der Waals surface area contributed by atoms with Crippen molar-refractivity contribution in [3.63, 3.8) is 0 Å². The molecule has 1 aromatic rings. The maximum Gasteiger partial charge on any atom is 0.187 e. The minimum absolute atomic E-state index is 0.778. The maximum absolute atomic E-state index is 8.49. The molecule has 17 heavy (non-hydrogen) atoms. The van der Waals surface area contributed by atoms with Crippen LogP contribution >= 0.6 is 11.6 Å². The molecule has 0 bridgehead atoms. The topological polar surface area (TPSA) is 111 Å². The molecule has 0 aromatic carbocycles. The van der Waals surface area contributed by atoms with Gasteiger partial charge in [-0.15, -0.1) is 10.2 Å². The van der Waals surface area contributed by atoms with Crippen LogP contribution in [0.2, 0.25) is 5.02 Å². The Bertz CT molecular complexity index is 373. The Hall–Kier alpha value is -0.630. The van der Waals surface area contributed by atoms with E-state index >= 15 is 0 Å². The fourth-order valence-corrected chi connectivity index (χ4v) is 1.70. The van der Waals surface area contributed by atoms with Gasteiger partial charge in [-0.1, -0.05) is 11.6 Å². The third-order valence-corrected chi connectivity index (χ3v) is 2.35. The summed E-state index contributed by atoms with van der Waals surface area (Å²) in [5, 5.41) is 0.778. The summed E-state index contributed by atoms with van der Waals surface area (Å²) in [4.78, 5) is 3.10. The summed E-state index contributed by atoms with van der Waals surface area (Å²) in [6, 6.07) is 1.94. The highest BCUT2D eigenvalue weighted by molar-refractivity contribution is 6.30. The summed E-state index contributed by atoms with van der Waals surface area (Å²) in [6.45, 7) is 2.35. The molecule has 2 heterocycles. The lowest BCUT2D eigenvalue weighted by Crippen LogP contribution is -2.68. The summed E-state index contributed by atoms with van der Waals surface area (Å²) < 4.78 is 36.3. The fourth-order valence-electron chi connectivity index (χ4n) is 1.53. The largest absolute Gasteiger partial charge is 0.355 e. The van der Waals surface area contributed by atoms with Crippen molar-refractivity contribution in [1.82, 2.24) is 4.98 Å². The number of nitrogens with zero attached hydrogens (tertiary/aromatic N) is 1. The summed E-state index contributed by atoms with van der Waals surface area (Å²) in [5.41, 5.74) is 1.10. The third kappa shape index (κ3) is 7.32. The SMILES string of the molecule is Clc1c[nH]c(C=[N+]2CCCC2)c1.[O-][Cl+3]([O-])([O-])[O-]. The van der Waals surface area contributed by atoms with Crippen LogP contribution in [0.5, 0.6) is 0 Å². The van der Waals surface area contributed by atoms with E-state index in [9.17, 15) is 0 Å². The van der Waals surface area contributed by atoms with Gasteiger partial charge in [0.2, 0.25) is 0 Å². The Morgan fingerprint density at radius 3 is 2.18 bits per heavy atom. The summed E-state index contributed by atoms with van der Waals surface area (Å²) in [5.74, 6) is 0. The number of nitrogens with one attached hydrogen (secondary N) is 1. The minimum atomic E-state index is -4.94. The lowest BCUT2D eigenvalue weighted by atomic mass is 10.4. The van der Waals surface area contributed by atoms with Crippen LogP contribution in [0.4, 0.5) is 0 Å². The summed E-state index contributed by atoms with van der Waals surface area (Å²) in [6.07, 6.45) is 6.57. The zero-order valence-electron chi connectivity index (χ0n) is 8.90. The molecule has 1 saturated heterocycles. The van der Waals surface area contributed by atoms with E-state index in [0.717, 1.165) is 10.7 Å². The van der Waals surface area contributed by atoms with Crippen molar-refractivity contribution in [3.8, 4) is 0 Å². The molecule has 0 spiro atoms. The van der Waals surface area contributed by atoms with Crippen LogP contribution in [-0.4, -0.2) is 28.9 Å². The zero-order chi connectivity index (χ0) is 12.9. The van der Waals surface area contributed by atoms with E-state index in [0.29, 0.717) is 0 Å². The van der Waals surface area contributed by atoms with Crippen molar-refractivity contribution in [1.29, 1.82) is 0 Å².